The van der Waals surface area contributed by atoms with Gasteiger partial charge in [-0.2, -0.15) is 0 Å². The second-order valence-corrected chi connectivity index (χ2v) is 5.43. The number of nitrogens with two attached hydrogens (primary N) is 1. The zero-order valence-corrected chi connectivity index (χ0v) is 12.9. The number of anilines is 1. The number of rotatable bonds is 3. The molecule has 21 heavy (non-hydrogen) atoms. The van der Waals surface area contributed by atoms with E-state index >= 15 is 0 Å². The quantitative estimate of drug-likeness (QED) is 0.766. The highest BCUT2D eigenvalue weighted by Crippen LogP contribution is 2.37. The van der Waals surface area contributed by atoms with Crippen LogP contribution < -0.4 is 10.5 Å². The van der Waals surface area contributed by atoms with E-state index in [4.69, 9.17) is 15.0 Å². The van der Waals surface area contributed by atoms with Crippen molar-refractivity contribution in [3.05, 3.63) is 53.0 Å². The minimum atomic E-state index is 0.371. The van der Waals surface area contributed by atoms with Gasteiger partial charge in [-0.05, 0) is 29.8 Å². The topological polar surface area (TPSA) is 61.3 Å². The predicted molar refractivity (Wildman–Crippen MR) is 86.0 cm³/mol. The number of benzene rings is 2. The Labute approximate surface area is 130 Å². The van der Waals surface area contributed by atoms with Crippen LogP contribution in [0.1, 0.15) is 0 Å². The number of methoxy groups -OCH3 is 1. The molecule has 0 fully saturated rings. The third-order valence-electron chi connectivity index (χ3n) is 3.18. The summed E-state index contributed by atoms with van der Waals surface area (Å²) in [5.74, 6) is 1.76. The van der Waals surface area contributed by atoms with Crippen molar-refractivity contribution in [3.8, 4) is 28.2 Å². The Hall–Kier alpha value is -2.27. The molecule has 0 aliphatic carbocycles. The summed E-state index contributed by atoms with van der Waals surface area (Å²) in [4.78, 5) is 0. The van der Waals surface area contributed by atoms with E-state index in [2.05, 4.69) is 21.1 Å². The first-order valence-corrected chi connectivity index (χ1v) is 7.14. The van der Waals surface area contributed by atoms with E-state index < -0.39 is 0 Å². The van der Waals surface area contributed by atoms with Crippen LogP contribution in [-0.4, -0.2) is 12.3 Å². The van der Waals surface area contributed by atoms with E-state index in [1.54, 1.807) is 7.11 Å². The smallest absolute Gasteiger partial charge is 0.177 e. The molecule has 3 rings (SSSR count). The molecule has 5 heteroatoms. The summed E-state index contributed by atoms with van der Waals surface area (Å²) in [6.07, 6.45) is 0. The van der Waals surface area contributed by atoms with Crippen LogP contribution in [0.25, 0.3) is 22.5 Å². The molecule has 0 radical (unpaired) electrons. The lowest BCUT2D eigenvalue weighted by Crippen LogP contribution is -1.89. The van der Waals surface area contributed by atoms with Gasteiger partial charge in [0, 0.05) is 10.0 Å². The van der Waals surface area contributed by atoms with Gasteiger partial charge in [0.25, 0.3) is 0 Å². The lowest BCUT2D eigenvalue weighted by molar-refractivity contribution is 0.413. The predicted octanol–water partition coefficient (Wildman–Crippen LogP) is 4.36. The van der Waals surface area contributed by atoms with Crippen LogP contribution in [0.4, 0.5) is 5.82 Å². The zero-order chi connectivity index (χ0) is 14.8. The van der Waals surface area contributed by atoms with E-state index in [0.29, 0.717) is 11.6 Å². The highest BCUT2D eigenvalue weighted by molar-refractivity contribution is 9.10. The van der Waals surface area contributed by atoms with Gasteiger partial charge in [0.05, 0.1) is 12.7 Å². The van der Waals surface area contributed by atoms with Crippen molar-refractivity contribution in [2.45, 2.75) is 0 Å². The molecule has 2 aromatic carbocycles. The first-order valence-electron chi connectivity index (χ1n) is 6.34. The number of hydrogen-bond donors (Lipinski definition) is 1. The number of nitrogens with zero attached hydrogens (tertiary/aromatic N) is 1. The lowest BCUT2D eigenvalue weighted by atomic mass is 10.0. The fraction of sp³-hybridized carbons (Fsp3) is 0.0625. The number of halogens is 1. The minimum Gasteiger partial charge on any atom is -0.497 e. The Kier molecular flexibility index (Phi) is 3.66. The van der Waals surface area contributed by atoms with Crippen molar-refractivity contribution in [2.24, 2.45) is 0 Å². The molecule has 0 aliphatic heterocycles. The number of nitrogen functional groups attached to an aromatic ring is 1. The van der Waals surface area contributed by atoms with Crippen LogP contribution in [0.5, 0.6) is 5.75 Å². The Morgan fingerprint density at radius 3 is 2.57 bits per heavy atom. The molecule has 0 unspecified atom stereocenters. The van der Waals surface area contributed by atoms with Gasteiger partial charge in [0.1, 0.15) is 5.75 Å². The van der Waals surface area contributed by atoms with Crippen LogP contribution in [0, 0.1) is 0 Å². The Bertz CT molecular complexity index is 766. The molecule has 0 saturated carbocycles. The van der Waals surface area contributed by atoms with Gasteiger partial charge in [-0.1, -0.05) is 45.4 Å². The normalized spacial score (nSPS) is 10.6. The van der Waals surface area contributed by atoms with Gasteiger partial charge in [0.2, 0.25) is 0 Å². The van der Waals surface area contributed by atoms with Crippen molar-refractivity contribution in [2.75, 3.05) is 12.8 Å². The SMILES string of the molecule is COc1cccc(-c2onc(N)c2-c2ccc(Br)cc2)c1. The van der Waals surface area contributed by atoms with Crippen molar-refractivity contribution >= 4 is 21.7 Å². The second-order valence-electron chi connectivity index (χ2n) is 4.51. The first-order chi connectivity index (χ1) is 10.2. The minimum absolute atomic E-state index is 0.371. The summed E-state index contributed by atoms with van der Waals surface area (Å²) in [6.45, 7) is 0. The third-order valence-corrected chi connectivity index (χ3v) is 3.71. The summed E-state index contributed by atoms with van der Waals surface area (Å²) >= 11 is 3.42. The van der Waals surface area contributed by atoms with E-state index in [1.807, 2.05) is 48.5 Å². The van der Waals surface area contributed by atoms with Crippen molar-refractivity contribution in [1.29, 1.82) is 0 Å². The maximum Gasteiger partial charge on any atom is 0.177 e. The summed E-state index contributed by atoms with van der Waals surface area (Å²) in [5.41, 5.74) is 8.58. The summed E-state index contributed by atoms with van der Waals surface area (Å²) in [5, 5.41) is 3.90. The number of hydrogen-bond acceptors (Lipinski definition) is 4. The summed E-state index contributed by atoms with van der Waals surface area (Å²) in [7, 11) is 1.63. The van der Waals surface area contributed by atoms with Crippen LogP contribution in [0.3, 0.4) is 0 Å². The monoisotopic (exact) mass is 344 g/mol. The van der Waals surface area contributed by atoms with Gasteiger partial charge >= 0.3 is 0 Å². The molecule has 0 spiro atoms. The van der Waals surface area contributed by atoms with Crippen molar-refractivity contribution in [3.63, 3.8) is 0 Å². The average Bonchev–Trinajstić information content (AvgIpc) is 2.90. The van der Waals surface area contributed by atoms with E-state index in [9.17, 15) is 0 Å². The van der Waals surface area contributed by atoms with Crippen molar-refractivity contribution < 1.29 is 9.26 Å². The number of ether oxygens (including phenoxy) is 1. The van der Waals surface area contributed by atoms with Gasteiger partial charge in [-0.15, -0.1) is 0 Å². The fourth-order valence-corrected chi connectivity index (χ4v) is 2.42. The molecular weight excluding hydrogens is 332 g/mol. The van der Waals surface area contributed by atoms with Crippen LogP contribution in [0.2, 0.25) is 0 Å². The molecule has 1 aromatic heterocycles. The van der Waals surface area contributed by atoms with Crippen LogP contribution in [0.15, 0.2) is 57.5 Å². The van der Waals surface area contributed by atoms with Crippen LogP contribution in [-0.2, 0) is 0 Å². The molecule has 1 heterocycles. The highest BCUT2D eigenvalue weighted by atomic mass is 79.9. The molecular formula is C16H13BrN2O2. The molecule has 106 valence electrons. The maximum absolute atomic E-state index is 5.97. The maximum atomic E-state index is 5.97. The van der Waals surface area contributed by atoms with E-state index in [-0.39, 0.29) is 0 Å². The molecule has 0 aliphatic rings. The Morgan fingerprint density at radius 2 is 1.86 bits per heavy atom. The van der Waals surface area contributed by atoms with E-state index in [1.165, 1.54) is 0 Å². The molecule has 0 amide bonds. The molecule has 3 aromatic rings. The van der Waals surface area contributed by atoms with Gasteiger partial charge in [-0.3, -0.25) is 0 Å². The average molecular weight is 345 g/mol. The molecule has 0 saturated heterocycles. The number of aromatic nitrogens is 1. The van der Waals surface area contributed by atoms with Gasteiger partial charge < -0.3 is 15.0 Å². The standard InChI is InChI=1S/C16H13BrN2O2/c1-20-13-4-2-3-11(9-13)15-14(16(18)19-21-15)10-5-7-12(17)8-6-10/h2-9H,1H3,(H2,18,19). The summed E-state index contributed by atoms with van der Waals surface area (Å²) in [6, 6.07) is 15.5. The first kappa shape index (κ1) is 13.7. The highest BCUT2D eigenvalue weighted by Gasteiger charge is 2.17. The molecule has 0 atom stereocenters. The fourth-order valence-electron chi connectivity index (χ4n) is 2.16. The second kappa shape index (κ2) is 5.61. The molecule has 2 N–H and O–H groups in total. The third kappa shape index (κ3) is 2.64. The largest absolute Gasteiger partial charge is 0.497 e. The van der Waals surface area contributed by atoms with Gasteiger partial charge in [0.15, 0.2) is 11.6 Å². The Morgan fingerprint density at radius 1 is 1.10 bits per heavy atom. The summed E-state index contributed by atoms with van der Waals surface area (Å²) < 4.78 is 11.7. The van der Waals surface area contributed by atoms with Crippen LogP contribution >= 0.6 is 15.9 Å². The van der Waals surface area contributed by atoms with Gasteiger partial charge in [-0.25, -0.2) is 0 Å². The Balaban J connectivity index is 2.14. The molecule has 0 bridgehead atoms. The van der Waals surface area contributed by atoms with Crippen molar-refractivity contribution in [1.82, 2.24) is 5.16 Å². The zero-order valence-electron chi connectivity index (χ0n) is 11.3. The van der Waals surface area contributed by atoms with E-state index in [0.717, 1.165) is 26.9 Å². The lowest BCUT2D eigenvalue weighted by Gasteiger charge is -2.05. The molecule has 4 nitrogen and oxygen atoms in total.